The summed E-state index contributed by atoms with van der Waals surface area (Å²) in [7, 11) is 1.51. The van der Waals surface area contributed by atoms with Gasteiger partial charge in [0.1, 0.15) is 5.75 Å². The zero-order valence-corrected chi connectivity index (χ0v) is 9.10. The Bertz CT molecular complexity index is 455. The second-order valence-corrected chi connectivity index (χ2v) is 3.60. The number of carbonyl (C=O) groups is 2. The first-order chi connectivity index (χ1) is 8.08. The highest BCUT2D eigenvalue weighted by Crippen LogP contribution is 2.30. The highest BCUT2D eigenvalue weighted by molar-refractivity contribution is 5.86. The van der Waals surface area contributed by atoms with Crippen LogP contribution in [0.3, 0.4) is 0 Å². The highest BCUT2D eigenvalue weighted by Gasteiger charge is 2.49. The summed E-state index contributed by atoms with van der Waals surface area (Å²) in [5, 5.41) is 11.6. The van der Waals surface area contributed by atoms with Crippen molar-refractivity contribution in [1.82, 2.24) is 5.32 Å². The molecule has 0 spiro atoms. The van der Waals surface area contributed by atoms with Crippen molar-refractivity contribution in [2.24, 2.45) is 0 Å². The molecule has 1 atom stereocenters. The Balaban J connectivity index is 2.39. The van der Waals surface area contributed by atoms with Gasteiger partial charge in [-0.1, -0.05) is 12.1 Å². The molecule has 0 aromatic heterocycles. The number of nitrogens with one attached hydrogen (secondary N) is 1. The van der Waals surface area contributed by atoms with E-state index in [-0.39, 0.29) is 6.54 Å². The van der Waals surface area contributed by atoms with Crippen LogP contribution in [0.2, 0.25) is 0 Å². The van der Waals surface area contributed by atoms with Gasteiger partial charge in [0.15, 0.2) is 0 Å². The van der Waals surface area contributed by atoms with Gasteiger partial charge in [-0.05, 0) is 12.1 Å². The Morgan fingerprint density at radius 1 is 1.47 bits per heavy atom. The van der Waals surface area contributed by atoms with Crippen LogP contribution in [0.5, 0.6) is 5.75 Å². The first kappa shape index (κ1) is 11.3. The van der Waals surface area contributed by atoms with Gasteiger partial charge in [0.25, 0.3) is 5.60 Å². The number of carbonyl (C=O) groups excluding carboxylic acids is 1. The van der Waals surface area contributed by atoms with Crippen molar-refractivity contribution in [2.75, 3.05) is 13.7 Å². The molecule has 1 aromatic carbocycles. The summed E-state index contributed by atoms with van der Waals surface area (Å²) in [5.41, 5.74) is -1.26. The molecule has 1 heterocycles. The molecule has 1 fully saturated rings. The van der Waals surface area contributed by atoms with Gasteiger partial charge in [0.05, 0.1) is 13.7 Å². The minimum absolute atomic E-state index is 0.0898. The summed E-state index contributed by atoms with van der Waals surface area (Å²) < 4.78 is 9.86. The molecule has 17 heavy (non-hydrogen) atoms. The summed E-state index contributed by atoms with van der Waals surface area (Å²) in [4.78, 5) is 22.3. The van der Waals surface area contributed by atoms with Gasteiger partial charge < -0.3 is 19.9 Å². The molecule has 1 saturated heterocycles. The van der Waals surface area contributed by atoms with Crippen molar-refractivity contribution in [3.05, 3.63) is 29.8 Å². The van der Waals surface area contributed by atoms with E-state index in [9.17, 15) is 14.7 Å². The van der Waals surface area contributed by atoms with E-state index in [1.807, 2.05) is 0 Å². The quantitative estimate of drug-likeness (QED) is 0.808. The van der Waals surface area contributed by atoms with Crippen molar-refractivity contribution in [1.29, 1.82) is 0 Å². The predicted octanol–water partition coefficient (Wildman–Crippen LogP) is 0.715. The predicted molar refractivity (Wildman–Crippen MR) is 56.8 cm³/mol. The normalized spacial score (nSPS) is 22.8. The molecule has 1 aliphatic heterocycles. The molecule has 0 radical (unpaired) electrons. The number of rotatable bonds is 3. The molecule has 0 saturated carbocycles. The second kappa shape index (κ2) is 3.97. The average molecular weight is 237 g/mol. The van der Waals surface area contributed by atoms with Gasteiger partial charge in [-0.2, -0.15) is 0 Å². The van der Waals surface area contributed by atoms with Gasteiger partial charge >= 0.3 is 12.1 Å². The number of benzene rings is 1. The second-order valence-electron chi connectivity index (χ2n) is 3.60. The lowest BCUT2D eigenvalue weighted by Crippen LogP contribution is -2.39. The van der Waals surface area contributed by atoms with Crippen LogP contribution in [0, 0.1) is 0 Å². The van der Waals surface area contributed by atoms with Gasteiger partial charge in [-0.25, -0.2) is 9.59 Å². The average Bonchev–Trinajstić information content (AvgIpc) is 2.73. The third-order valence-corrected chi connectivity index (χ3v) is 2.65. The summed E-state index contributed by atoms with van der Waals surface area (Å²) in [6, 6.07) is 6.36. The monoisotopic (exact) mass is 237 g/mol. The number of ether oxygens (including phenoxy) is 2. The van der Waals surface area contributed by atoms with Crippen LogP contribution in [0.4, 0.5) is 4.79 Å². The molecular weight excluding hydrogens is 226 g/mol. The first-order valence-corrected chi connectivity index (χ1v) is 4.93. The minimum Gasteiger partial charge on any atom is -0.497 e. The molecule has 0 bridgehead atoms. The van der Waals surface area contributed by atoms with E-state index in [1.54, 1.807) is 24.3 Å². The molecule has 1 amide bonds. The van der Waals surface area contributed by atoms with E-state index < -0.39 is 17.7 Å². The van der Waals surface area contributed by atoms with Crippen LogP contribution < -0.4 is 10.1 Å². The number of amides is 1. The molecule has 6 nitrogen and oxygen atoms in total. The lowest BCUT2D eigenvalue weighted by molar-refractivity contribution is -0.155. The van der Waals surface area contributed by atoms with Crippen molar-refractivity contribution in [3.63, 3.8) is 0 Å². The summed E-state index contributed by atoms with van der Waals surface area (Å²) in [5.74, 6) is -0.604. The fraction of sp³-hybridized carbons (Fsp3) is 0.273. The summed E-state index contributed by atoms with van der Waals surface area (Å²) in [6.45, 7) is -0.0898. The summed E-state index contributed by atoms with van der Waals surface area (Å²) >= 11 is 0. The van der Waals surface area contributed by atoms with Crippen molar-refractivity contribution in [2.45, 2.75) is 5.60 Å². The van der Waals surface area contributed by atoms with E-state index in [0.717, 1.165) is 0 Å². The van der Waals surface area contributed by atoms with Gasteiger partial charge in [0.2, 0.25) is 0 Å². The van der Waals surface area contributed by atoms with Gasteiger partial charge in [0, 0.05) is 5.56 Å². The van der Waals surface area contributed by atoms with Crippen LogP contribution in [0.15, 0.2) is 24.3 Å². The maximum Gasteiger partial charge on any atom is 0.408 e. The van der Waals surface area contributed by atoms with Crippen molar-refractivity contribution < 1.29 is 24.2 Å². The van der Waals surface area contributed by atoms with Crippen LogP contribution in [0.1, 0.15) is 5.56 Å². The maximum absolute atomic E-state index is 11.3. The van der Waals surface area contributed by atoms with E-state index in [4.69, 9.17) is 9.47 Å². The van der Waals surface area contributed by atoms with Gasteiger partial charge in [-0.3, -0.25) is 0 Å². The number of carboxylic acids is 1. The van der Waals surface area contributed by atoms with Gasteiger partial charge in [-0.15, -0.1) is 0 Å². The first-order valence-electron chi connectivity index (χ1n) is 4.93. The number of hydrogen-bond donors (Lipinski definition) is 2. The van der Waals surface area contributed by atoms with E-state index in [2.05, 4.69) is 5.32 Å². The minimum atomic E-state index is -1.65. The number of cyclic esters (lactones) is 1. The summed E-state index contributed by atoms with van der Waals surface area (Å²) in [6.07, 6.45) is -0.733. The Kier molecular flexibility index (Phi) is 2.63. The SMILES string of the molecule is COc1ccc(C2(C(=O)O)CNC(=O)O2)cc1. The molecule has 2 N–H and O–H groups in total. The standard InChI is InChI=1S/C11H11NO5/c1-16-8-4-2-7(3-5-8)11(9(13)14)6-12-10(15)17-11/h2-5H,6H2,1H3,(H,12,15)(H,13,14). The Labute approximate surface area is 97.1 Å². The van der Waals surface area contributed by atoms with Crippen LogP contribution in [-0.2, 0) is 15.1 Å². The lowest BCUT2D eigenvalue weighted by Gasteiger charge is -2.21. The highest BCUT2D eigenvalue weighted by atomic mass is 16.6. The zero-order chi connectivity index (χ0) is 12.5. The third-order valence-electron chi connectivity index (χ3n) is 2.65. The lowest BCUT2D eigenvalue weighted by atomic mass is 9.94. The topological polar surface area (TPSA) is 84.9 Å². The van der Waals surface area contributed by atoms with Crippen LogP contribution >= 0.6 is 0 Å². The Morgan fingerprint density at radius 3 is 2.53 bits per heavy atom. The molecule has 0 aliphatic carbocycles. The van der Waals surface area contributed by atoms with Crippen molar-refractivity contribution >= 4 is 12.1 Å². The van der Waals surface area contributed by atoms with E-state index in [1.165, 1.54) is 7.11 Å². The molecule has 1 aromatic rings. The molecule has 90 valence electrons. The van der Waals surface area contributed by atoms with E-state index >= 15 is 0 Å². The largest absolute Gasteiger partial charge is 0.497 e. The Hall–Kier alpha value is -2.24. The Morgan fingerprint density at radius 2 is 2.12 bits per heavy atom. The van der Waals surface area contributed by atoms with Crippen molar-refractivity contribution in [3.8, 4) is 5.75 Å². The third kappa shape index (κ3) is 1.77. The smallest absolute Gasteiger partial charge is 0.408 e. The van der Waals surface area contributed by atoms with Crippen LogP contribution in [-0.4, -0.2) is 30.8 Å². The number of hydrogen-bond acceptors (Lipinski definition) is 4. The maximum atomic E-state index is 11.3. The van der Waals surface area contributed by atoms with Crippen LogP contribution in [0.25, 0.3) is 0 Å². The number of carboxylic acid groups (broad SMARTS) is 1. The molecule has 2 rings (SSSR count). The molecule has 6 heteroatoms. The number of aliphatic carboxylic acids is 1. The molecular formula is C11H11NO5. The molecule has 1 unspecified atom stereocenters. The number of methoxy groups -OCH3 is 1. The van der Waals surface area contributed by atoms with E-state index in [0.29, 0.717) is 11.3 Å². The fourth-order valence-electron chi connectivity index (χ4n) is 1.69. The fourth-order valence-corrected chi connectivity index (χ4v) is 1.69. The zero-order valence-electron chi connectivity index (χ0n) is 9.10. The number of alkyl carbamates (subject to hydrolysis) is 1. The molecule has 1 aliphatic rings.